The van der Waals surface area contributed by atoms with Gasteiger partial charge in [-0.3, -0.25) is 4.98 Å². The minimum absolute atomic E-state index is 0.225. The summed E-state index contributed by atoms with van der Waals surface area (Å²) in [5, 5.41) is 12.6. The van der Waals surface area contributed by atoms with E-state index in [1.165, 1.54) is 32.1 Å². The molecule has 0 aromatic carbocycles. The van der Waals surface area contributed by atoms with Crippen LogP contribution in [0.3, 0.4) is 0 Å². The van der Waals surface area contributed by atoms with E-state index in [1.54, 1.807) is 6.07 Å². The molecule has 1 fully saturated rings. The predicted octanol–water partition coefficient (Wildman–Crippen LogP) is 0.971. The van der Waals surface area contributed by atoms with E-state index in [-0.39, 0.29) is 5.75 Å². The monoisotopic (exact) mass is 221 g/mol. The van der Waals surface area contributed by atoms with E-state index in [1.807, 2.05) is 6.07 Å². The van der Waals surface area contributed by atoms with Crippen LogP contribution in [-0.4, -0.2) is 41.2 Å². The summed E-state index contributed by atoms with van der Waals surface area (Å²) in [5.74, 6) is 0.225. The fourth-order valence-electron chi connectivity index (χ4n) is 1.98. The zero-order valence-electron chi connectivity index (χ0n) is 9.69. The van der Waals surface area contributed by atoms with Crippen LogP contribution in [0.2, 0.25) is 0 Å². The lowest BCUT2D eigenvalue weighted by Crippen LogP contribution is -2.40. The largest absolute Gasteiger partial charge is 0.506 e. The van der Waals surface area contributed by atoms with Crippen molar-refractivity contribution >= 4 is 0 Å². The molecule has 0 radical (unpaired) electrons. The molecule has 1 aromatic rings. The van der Waals surface area contributed by atoms with E-state index in [9.17, 15) is 0 Å². The number of nitrogens with zero attached hydrogens (tertiary/aromatic N) is 2. The third kappa shape index (κ3) is 3.18. The number of hydrogen-bond donors (Lipinski definition) is 2. The molecule has 2 heterocycles. The number of pyridine rings is 1. The van der Waals surface area contributed by atoms with Gasteiger partial charge in [0.25, 0.3) is 0 Å². The summed E-state index contributed by atoms with van der Waals surface area (Å²) in [6, 6.07) is 4.14. The van der Waals surface area contributed by atoms with Crippen LogP contribution in [0.1, 0.15) is 18.5 Å². The van der Waals surface area contributed by atoms with Gasteiger partial charge in [0, 0.05) is 12.6 Å². The summed E-state index contributed by atoms with van der Waals surface area (Å²) in [6.07, 6.45) is 3.90. The Morgan fingerprint density at radius 1 is 1.44 bits per heavy atom. The molecule has 2 N–H and O–H groups in total. The van der Waals surface area contributed by atoms with E-state index in [4.69, 9.17) is 5.11 Å². The van der Waals surface area contributed by atoms with Crippen LogP contribution in [0.25, 0.3) is 0 Å². The molecule has 1 aliphatic rings. The highest BCUT2D eigenvalue weighted by Gasteiger charge is 2.15. The molecule has 2 rings (SSSR count). The molecule has 0 bridgehead atoms. The van der Waals surface area contributed by atoms with Gasteiger partial charge in [-0.05, 0) is 45.1 Å². The predicted molar refractivity (Wildman–Crippen MR) is 63.3 cm³/mol. The zero-order valence-corrected chi connectivity index (χ0v) is 9.69. The number of piperidine rings is 1. The van der Waals surface area contributed by atoms with Gasteiger partial charge in [-0.1, -0.05) is 0 Å². The molecular formula is C12H19N3O. The number of aromatic nitrogens is 1. The summed E-state index contributed by atoms with van der Waals surface area (Å²) < 4.78 is 0. The molecule has 0 atom stereocenters. The number of aromatic hydroxyl groups is 1. The third-order valence-corrected chi connectivity index (χ3v) is 3.10. The van der Waals surface area contributed by atoms with Gasteiger partial charge < -0.3 is 15.3 Å². The van der Waals surface area contributed by atoms with E-state index >= 15 is 0 Å². The zero-order chi connectivity index (χ0) is 11.4. The first-order valence-corrected chi connectivity index (χ1v) is 5.80. The van der Waals surface area contributed by atoms with Crippen LogP contribution >= 0.6 is 0 Å². The van der Waals surface area contributed by atoms with Crippen LogP contribution in [0.15, 0.2) is 18.3 Å². The maximum atomic E-state index is 9.11. The summed E-state index contributed by atoms with van der Waals surface area (Å²) in [4.78, 5) is 6.51. The van der Waals surface area contributed by atoms with Gasteiger partial charge in [0.2, 0.25) is 0 Å². The van der Waals surface area contributed by atoms with Gasteiger partial charge in [0.1, 0.15) is 5.75 Å². The highest BCUT2D eigenvalue weighted by Crippen LogP contribution is 2.10. The van der Waals surface area contributed by atoms with Crippen molar-refractivity contribution in [1.29, 1.82) is 0 Å². The number of hydrogen-bond acceptors (Lipinski definition) is 4. The first kappa shape index (κ1) is 11.4. The van der Waals surface area contributed by atoms with E-state index in [0.29, 0.717) is 6.04 Å². The Hall–Kier alpha value is -1.13. The van der Waals surface area contributed by atoms with E-state index in [0.717, 1.165) is 12.2 Å². The van der Waals surface area contributed by atoms with Gasteiger partial charge in [0.15, 0.2) is 0 Å². The molecule has 4 nitrogen and oxygen atoms in total. The smallest absolute Gasteiger partial charge is 0.133 e. The lowest BCUT2D eigenvalue weighted by Gasteiger charge is -2.29. The van der Waals surface area contributed by atoms with Gasteiger partial charge >= 0.3 is 0 Å². The second-order valence-corrected chi connectivity index (χ2v) is 4.47. The fraction of sp³-hybridized carbons (Fsp3) is 0.583. The fourth-order valence-corrected chi connectivity index (χ4v) is 1.98. The minimum Gasteiger partial charge on any atom is -0.506 e. The first-order chi connectivity index (χ1) is 7.74. The minimum atomic E-state index is 0.225. The van der Waals surface area contributed by atoms with Crippen LogP contribution in [0, 0.1) is 0 Å². The second-order valence-electron chi connectivity index (χ2n) is 4.47. The molecule has 1 aliphatic heterocycles. The Balaban J connectivity index is 1.77. The topological polar surface area (TPSA) is 48.4 Å². The Morgan fingerprint density at radius 2 is 2.19 bits per heavy atom. The molecule has 0 spiro atoms. The standard InChI is InChI=1S/C12H19N3O/c1-15-6-4-10(5-7-15)13-8-11-2-3-12(16)9-14-11/h2-3,9-10,13,16H,4-8H2,1H3. The van der Waals surface area contributed by atoms with Crippen molar-refractivity contribution in [3.8, 4) is 5.75 Å². The molecule has 4 heteroatoms. The molecule has 16 heavy (non-hydrogen) atoms. The average molecular weight is 221 g/mol. The summed E-state index contributed by atoms with van der Waals surface area (Å²) in [5.41, 5.74) is 0.983. The summed E-state index contributed by atoms with van der Waals surface area (Å²) in [6.45, 7) is 3.12. The van der Waals surface area contributed by atoms with Crippen molar-refractivity contribution in [2.45, 2.75) is 25.4 Å². The molecule has 0 saturated carbocycles. The summed E-state index contributed by atoms with van der Waals surface area (Å²) >= 11 is 0. The Kier molecular flexibility index (Phi) is 3.74. The number of rotatable bonds is 3. The van der Waals surface area contributed by atoms with Crippen molar-refractivity contribution < 1.29 is 5.11 Å². The summed E-state index contributed by atoms with van der Waals surface area (Å²) in [7, 11) is 2.16. The van der Waals surface area contributed by atoms with Crippen molar-refractivity contribution in [2.24, 2.45) is 0 Å². The molecule has 1 saturated heterocycles. The molecule has 0 amide bonds. The molecule has 0 unspecified atom stereocenters. The quantitative estimate of drug-likeness (QED) is 0.798. The molecule has 88 valence electrons. The maximum absolute atomic E-state index is 9.11. The Morgan fingerprint density at radius 3 is 2.81 bits per heavy atom. The van der Waals surface area contributed by atoms with E-state index in [2.05, 4.69) is 22.2 Å². The van der Waals surface area contributed by atoms with Crippen molar-refractivity contribution in [3.63, 3.8) is 0 Å². The number of likely N-dealkylation sites (tertiary alicyclic amines) is 1. The van der Waals surface area contributed by atoms with Gasteiger partial charge in [-0.25, -0.2) is 0 Å². The SMILES string of the molecule is CN1CCC(NCc2ccc(O)cn2)CC1. The third-order valence-electron chi connectivity index (χ3n) is 3.10. The highest BCUT2D eigenvalue weighted by molar-refractivity contribution is 5.17. The van der Waals surface area contributed by atoms with Crippen LogP contribution < -0.4 is 5.32 Å². The Bertz CT molecular complexity index is 318. The normalized spacial score (nSPS) is 18.8. The number of nitrogens with one attached hydrogen (secondary N) is 1. The van der Waals surface area contributed by atoms with Gasteiger partial charge in [0.05, 0.1) is 11.9 Å². The molecule has 1 aromatic heterocycles. The lowest BCUT2D eigenvalue weighted by molar-refractivity contribution is 0.233. The van der Waals surface area contributed by atoms with Crippen LogP contribution in [0.5, 0.6) is 5.75 Å². The van der Waals surface area contributed by atoms with E-state index < -0.39 is 0 Å². The van der Waals surface area contributed by atoms with Crippen LogP contribution in [-0.2, 0) is 6.54 Å². The molecule has 0 aliphatic carbocycles. The first-order valence-electron chi connectivity index (χ1n) is 5.80. The second kappa shape index (κ2) is 5.27. The van der Waals surface area contributed by atoms with Crippen molar-refractivity contribution in [2.75, 3.05) is 20.1 Å². The maximum Gasteiger partial charge on any atom is 0.133 e. The lowest BCUT2D eigenvalue weighted by atomic mass is 10.1. The average Bonchev–Trinajstić information content (AvgIpc) is 2.30. The highest BCUT2D eigenvalue weighted by atomic mass is 16.3. The Labute approximate surface area is 96.3 Å². The van der Waals surface area contributed by atoms with Crippen molar-refractivity contribution in [3.05, 3.63) is 24.0 Å². The van der Waals surface area contributed by atoms with Crippen LogP contribution in [0.4, 0.5) is 0 Å². The van der Waals surface area contributed by atoms with Gasteiger partial charge in [-0.2, -0.15) is 0 Å². The van der Waals surface area contributed by atoms with Crippen molar-refractivity contribution in [1.82, 2.24) is 15.2 Å². The molecular weight excluding hydrogens is 202 g/mol. The van der Waals surface area contributed by atoms with Gasteiger partial charge in [-0.15, -0.1) is 0 Å².